The SMILES string of the molecule is COc1ccc(CN(C(=O)Cc2ccccc2)[C@H](C)C(=O)NC(C)(C)C)cc1. The second kappa shape index (κ2) is 9.40. The van der Waals surface area contributed by atoms with Crippen LogP contribution in [-0.4, -0.2) is 35.4 Å². The minimum atomic E-state index is -0.586. The molecule has 0 unspecified atom stereocenters. The molecule has 0 spiro atoms. The number of amides is 2. The monoisotopic (exact) mass is 382 g/mol. The second-order valence-corrected chi connectivity index (χ2v) is 7.95. The molecule has 2 rings (SSSR count). The maximum atomic E-state index is 13.1. The molecule has 0 aromatic heterocycles. The average molecular weight is 383 g/mol. The third kappa shape index (κ3) is 6.41. The molecular weight excluding hydrogens is 352 g/mol. The van der Waals surface area contributed by atoms with Gasteiger partial charge >= 0.3 is 0 Å². The van der Waals surface area contributed by atoms with Gasteiger partial charge in [-0.1, -0.05) is 42.5 Å². The van der Waals surface area contributed by atoms with Crippen molar-refractivity contribution in [1.29, 1.82) is 0 Å². The third-order valence-electron chi connectivity index (χ3n) is 4.38. The number of hydrogen-bond acceptors (Lipinski definition) is 3. The normalized spacial score (nSPS) is 12.2. The van der Waals surface area contributed by atoms with Crippen molar-refractivity contribution in [2.75, 3.05) is 7.11 Å². The molecule has 0 radical (unpaired) electrons. The Morgan fingerprint density at radius 3 is 2.14 bits per heavy atom. The largest absolute Gasteiger partial charge is 0.497 e. The van der Waals surface area contributed by atoms with E-state index in [4.69, 9.17) is 4.74 Å². The molecule has 0 saturated carbocycles. The highest BCUT2D eigenvalue weighted by atomic mass is 16.5. The summed E-state index contributed by atoms with van der Waals surface area (Å²) in [5.41, 5.74) is 1.51. The number of rotatable bonds is 7. The van der Waals surface area contributed by atoms with Crippen LogP contribution in [0.2, 0.25) is 0 Å². The number of hydrogen-bond donors (Lipinski definition) is 1. The molecule has 150 valence electrons. The second-order valence-electron chi connectivity index (χ2n) is 7.95. The zero-order valence-corrected chi connectivity index (χ0v) is 17.4. The Bertz CT molecular complexity index is 780. The molecule has 1 N–H and O–H groups in total. The summed E-state index contributed by atoms with van der Waals surface area (Å²) >= 11 is 0. The molecule has 0 saturated heterocycles. The lowest BCUT2D eigenvalue weighted by Crippen LogP contribution is -2.52. The highest BCUT2D eigenvalue weighted by molar-refractivity contribution is 5.88. The fraction of sp³-hybridized carbons (Fsp3) is 0.391. The smallest absolute Gasteiger partial charge is 0.242 e. The van der Waals surface area contributed by atoms with Crippen molar-refractivity contribution in [3.05, 3.63) is 65.7 Å². The van der Waals surface area contributed by atoms with Gasteiger partial charge in [-0.2, -0.15) is 0 Å². The zero-order valence-electron chi connectivity index (χ0n) is 17.4. The van der Waals surface area contributed by atoms with E-state index in [9.17, 15) is 9.59 Å². The summed E-state index contributed by atoms with van der Waals surface area (Å²) in [4.78, 5) is 27.4. The summed E-state index contributed by atoms with van der Waals surface area (Å²) in [6.07, 6.45) is 0.254. The van der Waals surface area contributed by atoms with E-state index in [0.717, 1.165) is 16.9 Å². The molecule has 0 bridgehead atoms. The first-order valence-electron chi connectivity index (χ1n) is 9.48. The van der Waals surface area contributed by atoms with Crippen LogP contribution < -0.4 is 10.1 Å². The Morgan fingerprint density at radius 2 is 1.61 bits per heavy atom. The summed E-state index contributed by atoms with van der Waals surface area (Å²) in [7, 11) is 1.61. The molecule has 0 fully saturated rings. The summed E-state index contributed by atoms with van der Waals surface area (Å²) in [6.45, 7) is 7.91. The summed E-state index contributed by atoms with van der Waals surface area (Å²) in [5.74, 6) is 0.505. The van der Waals surface area contributed by atoms with E-state index in [-0.39, 0.29) is 23.8 Å². The van der Waals surface area contributed by atoms with Gasteiger partial charge < -0.3 is 15.0 Å². The van der Waals surface area contributed by atoms with Crippen LogP contribution in [0.4, 0.5) is 0 Å². The molecule has 1 atom stereocenters. The summed E-state index contributed by atoms with van der Waals surface area (Å²) in [5, 5.41) is 2.97. The number of methoxy groups -OCH3 is 1. The molecule has 5 heteroatoms. The first-order valence-corrected chi connectivity index (χ1v) is 9.48. The van der Waals surface area contributed by atoms with Crippen LogP contribution in [-0.2, 0) is 22.6 Å². The molecule has 2 amide bonds. The molecule has 28 heavy (non-hydrogen) atoms. The molecule has 5 nitrogen and oxygen atoms in total. The van der Waals surface area contributed by atoms with Crippen LogP contribution in [0.15, 0.2) is 54.6 Å². The van der Waals surface area contributed by atoms with Crippen molar-refractivity contribution >= 4 is 11.8 Å². The fourth-order valence-corrected chi connectivity index (χ4v) is 2.86. The van der Waals surface area contributed by atoms with Gasteiger partial charge in [0, 0.05) is 12.1 Å². The third-order valence-corrected chi connectivity index (χ3v) is 4.38. The number of benzene rings is 2. The molecule has 2 aromatic carbocycles. The summed E-state index contributed by atoms with van der Waals surface area (Å²) < 4.78 is 5.20. The van der Waals surface area contributed by atoms with E-state index >= 15 is 0 Å². The molecule has 0 heterocycles. The van der Waals surface area contributed by atoms with E-state index < -0.39 is 6.04 Å². The first-order chi connectivity index (χ1) is 13.2. The highest BCUT2D eigenvalue weighted by Crippen LogP contribution is 2.16. The lowest BCUT2D eigenvalue weighted by atomic mass is 10.1. The minimum absolute atomic E-state index is 0.0847. The van der Waals surface area contributed by atoms with E-state index in [0.29, 0.717) is 6.54 Å². The van der Waals surface area contributed by atoms with Crippen LogP contribution >= 0.6 is 0 Å². The van der Waals surface area contributed by atoms with Gasteiger partial charge in [-0.25, -0.2) is 0 Å². The van der Waals surface area contributed by atoms with Crippen molar-refractivity contribution < 1.29 is 14.3 Å². The maximum absolute atomic E-state index is 13.1. The topological polar surface area (TPSA) is 58.6 Å². The van der Waals surface area contributed by atoms with Gasteiger partial charge in [0.2, 0.25) is 11.8 Å². The fourth-order valence-electron chi connectivity index (χ4n) is 2.86. The number of carbonyl (C=O) groups is 2. The van der Waals surface area contributed by atoms with Gasteiger partial charge in [0.25, 0.3) is 0 Å². The molecule has 2 aromatic rings. The predicted octanol–water partition coefficient (Wildman–Crippen LogP) is 3.57. The van der Waals surface area contributed by atoms with E-state index in [2.05, 4.69) is 5.32 Å². The van der Waals surface area contributed by atoms with Crippen molar-refractivity contribution in [3.8, 4) is 5.75 Å². The lowest BCUT2D eigenvalue weighted by Gasteiger charge is -2.31. The first kappa shape index (κ1) is 21.5. The van der Waals surface area contributed by atoms with E-state index in [1.807, 2.05) is 75.4 Å². The standard InChI is InChI=1S/C23H30N2O3/c1-17(22(27)24-23(2,3)4)25(16-19-11-13-20(28-5)14-12-19)21(26)15-18-9-7-6-8-10-18/h6-14,17H,15-16H2,1-5H3,(H,24,27)/t17-/m1/s1. The molecule has 0 aliphatic rings. The Labute approximate surface area is 167 Å². The quantitative estimate of drug-likeness (QED) is 0.796. The van der Waals surface area contributed by atoms with Crippen molar-refractivity contribution in [1.82, 2.24) is 10.2 Å². The van der Waals surface area contributed by atoms with Crippen LogP contribution in [0.1, 0.15) is 38.8 Å². The van der Waals surface area contributed by atoms with Crippen LogP contribution in [0.25, 0.3) is 0 Å². The Kier molecular flexibility index (Phi) is 7.21. The van der Waals surface area contributed by atoms with Gasteiger partial charge in [0.15, 0.2) is 0 Å². The molecule has 0 aliphatic heterocycles. The lowest BCUT2D eigenvalue weighted by molar-refractivity contribution is -0.140. The number of nitrogens with one attached hydrogen (secondary N) is 1. The predicted molar refractivity (Wildman–Crippen MR) is 111 cm³/mol. The average Bonchev–Trinajstić information content (AvgIpc) is 2.65. The highest BCUT2D eigenvalue weighted by Gasteiger charge is 2.28. The number of ether oxygens (including phenoxy) is 1. The van der Waals surface area contributed by atoms with Crippen molar-refractivity contribution in [2.24, 2.45) is 0 Å². The Balaban J connectivity index is 2.22. The Hall–Kier alpha value is -2.82. The van der Waals surface area contributed by atoms with Crippen LogP contribution in [0.3, 0.4) is 0 Å². The maximum Gasteiger partial charge on any atom is 0.242 e. The van der Waals surface area contributed by atoms with Crippen molar-refractivity contribution in [2.45, 2.75) is 52.2 Å². The minimum Gasteiger partial charge on any atom is -0.497 e. The summed E-state index contributed by atoms with van der Waals surface area (Å²) in [6, 6.07) is 16.5. The number of carbonyl (C=O) groups excluding carboxylic acids is 2. The van der Waals surface area contributed by atoms with Gasteiger partial charge in [-0.15, -0.1) is 0 Å². The molecular formula is C23H30N2O3. The van der Waals surface area contributed by atoms with Gasteiger partial charge in [0.1, 0.15) is 11.8 Å². The van der Waals surface area contributed by atoms with Crippen LogP contribution in [0, 0.1) is 0 Å². The van der Waals surface area contributed by atoms with Gasteiger partial charge in [-0.3, -0.25) is 9.59 Å². The van der Waals surface area contributed by atoms with Gasteiger partial charge in [0.05, 0.1) is 13.5 Å². The van der Waals surface area contributed by atoms with Gasteiger partial charge in [-0.05, 0) is 51.0 Å². The van der Waals surface area contributed by atoms with Crippen molar-refractivity contribution in [3.63, 3.8) is 0 Å². The Morgan fingerprint density at radius 1 is 1.00 bits per heavy atom. The van der Waals surface area contributed by atoms with Crippen LogP contribution in [0.5, 0.6) is 5.75 Å². The van der Waals surface area contributed by atoms with E-state index in [1.54, 1.807) is 18.9 Å². The van der Waals surface area contributed by atoms with E-state index in [1.165, 1.54) is 0 Å². The zero-order chi connectivity index (χ0) is 20.7. The molecule has 0 aliphatic carbocycles. The number of nitrogens with zero attached hydrogens (tertiary/aromatic N) is 1.